The average Bonchev–Trinajstić information content (AvgIpc) is 3.29. The minimum absolute atomic E-state index is 0.138. The van der Waals surface area contributed by atoms with E-state index in [1.807, 2.05) is 73.7 Å². The largest absolute Gasteiger partial charge is 0.489 e. The third-order valence-corrected chi connectivity index (χ3v) is 6.20. The van der Waals surface area contributed by atoms with Gasteiger partial charge in [-0.2, -0.15) is 5.06 Å². The highest BCUT2D eigenvalue weighted by Gasteiger charge is 2.26. The third-order valence-electron chi connectivity index (χ3n) is 6.20. The normalized spacial score (nSPS) is 17.4. The van der Waals surface area contributed by atoms with Crippen molar-refractivity contribution in [3.8, 4) is 17.2 Å². The molecule has 2 heterocycles. The quantitative estimate of drug-likeness (QED) is 0.568. The molecule has 6 heteroatoms. The van der Waals surface area contributed by atoms with Crippen molar-refractivity contribution in [2.45, 2.75) is 32.6 Å². The maximum absolute atomic E-state index is 10.6. The van der Waals surface area contributed by atoms with Crippen LogP contribution in [-0.2, 0) is 19.6 Å². The van der Waals surface area contributed by atoms with Gasteiger partial charge in [-0.3, -0.25) is 0 Å². The van der Waals surface area contributed by atoms with Crippen LogP contribution in [0.4, 0.5) is 0 Å². The fraction of sp³-hybridized carbons (Fsp3) is 0.259. The van der Waals surface area contributed by atoms with Gasteiger partial charge >= 0.3 is 0 Å². The molecule has 2 aliphatic heterocycles. The second-order valence-corrected chi connectivity index (χ2v) is 8.37. The summed E-state index contributed by atoms with van der Waals surface area (Å²) >= 11 is 0. The van der Waals surface area contributed by atoms with Crippen molar-refractivity contribution in [3.63, 3.8) is 0 Å². The molecule has 0 radical (unpaired) electrons. The van der Waals surface area contributed by atoms with Crippen molar-refractivity contribution in [2.75, 3.05) is 13.3 Å². The number of fused-ring (bicyclic) bond motifs is 2. The summed E-state index contributed by atoms with van der Waals surface area (Å²) in [5, 5.41) is 22.0. The van der Waals surface area contributed by atoms with Gasteiger partial charge in [0.25, 0.3) is 0 Å². The van der Waals surface area contributed by atoms with Crippen molar-refractivity contribution >= 4 is 6.08 Å². The van der Waals surface area contributed by atoms with E-state index in [0.29, 0.717) is 30.9 Å². The summed E-state index contributed by atoms with van der Waals surface area (Å²) in [6.45, 7) is 3.07. The molecule has 2 aliphatic rings. The van der Waals surface area contributed by atoms with E-state index < -0.39 is 0 Å². The highest BCUT2D eigenvalue weighted by atomic mass is 16.7. The summed E-state index contributed by atoms with van der Waals surface area (Å²) in [6.07, 6.45) is 4.68. The van der Waals surface area contributed by atoms with Gasteiger partial charge < -0.3 is 24.5 Å². The second kappa shape index (κ2) is 9.27. The number of nitrogens with zero attached hydrogens (tertiary/aromatic N) is 1. The molecule has 5 rings (SSSR count). The van der Waals surface area contributed by atoms with E-state index in [-0.39, 0.29) is 19.4 Å². The number of hydrogen-bond donors (Lipinski definition) is 2. The average molecular weight is 446 g/mol. The van der Waals surface area contributed by atoms with E-state index in [9.17, 15) is 10.3 Å². The Kier molecular flexibility index (Phi) is 6.05. The summed E-state index contributed by atoms with van der Waals surface area (Å²) < 4.78 is 17.0. The van der Waals surface area contributed by atoms with Crippen molar-refractivity contribution in [3.05, 3.63) is 94.1 Å². The molecule has 1 unspecified atom stereocenters. The number of aliphatic hydroxyl groups is 1. The molecule has 2 N–H and O–H groups in total. The van der Waals surface area contributed by atoms with Gasteiger partial charge in [-0.05, 0) is 65.4 Å². The lowest BCUT2D eigenvalue weighted by molar-refractivity contribution is -0.119. The zero-order chi connectivity index (χ0) is 22.8. The molecule has 33 heavy (non-hydrogen) atoms. The van der Waals surface area contributed by atoms with Gasteiger partial charge in [0.2, 0.25) is 6.79 Å². The Hall–Kier alpha value is -3.32. The Morgan fingerprint density at radius 3 is 2.67 bits per heavy atom. The van der Waals surface area contributed by atoms with Crippen LogP contribution in [0.2, 0.25) is 0 Å². The van der Waals surface area contributed by atoms with Gasteiger partial charge in [0.15, 0.2) is 11.5 Å². The van der Waals surface area contributed by atoms with Crippen LogP contribution in [0.25, 0.3) is 6.08 Å². The van der Waals surface area contributed by atoms with E-state index in [2.05, 4.69) is 0 Å². The lowest BCUT2D eigenvalue weighted by atomic mass is 9.91. The standard InChI is InChI=1S/C27H27NO5/c1-18-11-26-27(33-17-32-26)13-20(18)7-8-24-23-12-22(15-29)25(14-21(23)9-10-28(24)30)31-16-19-5-3-2-4-6-19/h2-8,11-14,24,29-30H,9-10,15-17H2,1H3/b8-7+. The Morgan fingerprint density at radius 2 is 1.88 bits per heavy atom. The molecule has 1 atom stereocenters. The Balaban J connectivity index is 1.42. The number of hydroxylamine groups is 2. The van der Waals surface area contributed by atoms with E-state index in [4.69, 9.17) is 14.2 Å². The maximum atomic E-state index is 10.6. The number of rotatable bonds is 6. The topological polar surface area (TPSA) is 71.4 Å². The molecule has 0 saturated carbocycles. The monoisotopic (exact) mass is 445 g/mol. The lowest BCUT2D eigenvalue weighted by Gasteiger charge is -2.32. The molecular formula is C27H27NO5. The zero-order valence-electron chi connectivity index (χ0n) is 18.5. The number of ether oxygens (including phenoxy) is 3. The summed E-state index contributed by atoms with van der Waals surface area (Å²) in [6, 6.07) is 17.5. The van der Waals surface area contributed by atoms with Crippen LogP contribution in [0.3, 0.4) is 0 Å². The minimum Gasteiger partial charge on any atom is -0.489 e. The number of aliphatic hydroxyl groups excluding tert-OH is 1. The number of hydrogen-bond acceptors (Lipinski definition) is 6. The van der Waals surface area contributed by atoms with Crippen LogP contribution in [0.5, 0.6) is 17.2 Å². The number of benzene rings is 3. The van der Waals surface area contributed by atoms with Crippen molar-refractivity contribution < 1.29 is 24.5 Å². The Labute approximate surface area is 193 Å². The summed E-state index contributed by atoms with van der Waals surface area (Å²) in [5.74, 6) is 2.17. The zero-order valence-corrected chi connectivity index (χ0v) is 18.5. The predicted molar refractivity (Wildman–Crippen MR) is 124 cm³/mol. The molecule has 0 aliphatic carbocycles. The molecule has 0 bridgehead atoms. The first-order chi connectivity index (χ1) is 16.1. The van der Waals surface area contributed by atoms with Crippen LogP contribution in [0.15, 0.2) is 60.7 Å². The first kappa shape index (κ1) is 21.5. The Bertz CT molecular complexity index is 1170. The predicted octanol–water partition coefficient (Wildman–Crippen LogP) is 4.80. The third kappa shape index (κ3) is 4.46. The SMILES string of the molecule is Cc1cc2c(cc1/C=C/C1c3cc(CO)c(OCc4ccccc4)cc3CCN1O)OCO2. The lowest BCUT2D eigenvalue weighted by Crippen LogP contribution is -2.31. The molecular weight excluding hydrogens is 418 g/mol. The first-order valence-electron chi connectivity index (χ1n) is 11.1. The van der Waals surface area contributed by atoms with Gasteiger partial charge in [-0.15, -0.1) is 0 Å². The van der Waals surface area contributed by atoms with Gasteiger partial charge in [-0.25, -0.2) is 0 Å². The van der Waals surface area contributed by atoms with Crippen LogP contribution < -0.4 is 14.2 Å². The fourth-order valence-corrected chi connectivity index (χ4v) is 4.34. The maximum Gasteiger partial charge on any atom is 0.231 e. The van der Waals surface area contributed by atoms with E-state index in [1.165, 1.54) is 5.06 Å². The van der Waals surface area contributed by atoms with Gasteiger partial charge in [0.1, 0.15) is 12.4 Å². The molecule has 0 saturated heterocycles. The molecule has 0 spiro atoms. The molecule has 3 aromatic rings. The van der Waals surface area contributed by atoms with E-state index in [0.717, 1.165) is 39.3 Å². The van der Waals surface area contributed by atoms with E-state index in [1.54, 1.807) is 0 Å². The molecule has 6 nitrogen and oxygen atoms in total. The fourth-order valence-electron chi connectivity index (χ4n) is 4.34. The highest BCUT2D eigenvalue weighted by Crippen LogP contribution is 2.37. The smallest absolute Gasteiger partial charge is 0.231 e. The summed E-state index contributed by atoms with van der Waals surface area (Å²) in [4.78, 5) is 0. The first-order valence-corrected chi connectivity index (χ1v) is 11.1. The van der Waals surface area contributed by atoms with E-state index >= 15 is 0 Å². The van der Waals surface area contributed by atoms with Crippen molar-refractivity contribution in [1.82, 2.24) is 5.06 Å². The minimum atomic E-state index is -0.327. The van der Waals surface area contributed by atoms with Crippen molar-refractivity contribution in [2.24, 2.45) is 0 Å². The number of aryl methyl sites for hydroxylation is 1. The van der Waals surface area contributed by atoms with Gasteiger partial charge in [-0.1, -0.05) is 42.5 Å². The van der Waals surface area contributed by atoms with Crippen molar-refractivity contribution in [1.29, 1.82) is 0 Å². The highest BCUT2D eigenvalue weighted by molar-refractivity contribution is 5.61. The van der Waals surface area contributed by atoms with Crippen LogP contribution in [-0.4, -0.2) is 28.7 Å². The Morgan fingerprint density at radius 1 is 1.09 bits per heavy atom. The molecule has 0 amide bonds. The second-order valence-electron chi connectivity index (χ2n) is 8.37. The van der Waals surface area contributed by atoms with Crippen LogP contribution in [0, 0.1) is 6.92 Å². The van der Waals surface area contributed by atoms with Crippen LogP contribution >= 0.6 is 0 Å². The molecule has 3 aromatic carbocycles. The van der Waals surface area contributed by atoms with Gasteiger partial charge in [0, 0.05) is 12.1 Å². The molecule has 170 valence electrons. The van der Waals surface area contributed by atoms with Gasteiger partial charge in [0.05, 0.1) is 12.6 Å². The molecule has 0 fully saturated rings. The molecule has 0 aromatic heterocycles. The summed E-state index contributed by atoms with van der Waals surface area (Å²) in [7, 11) is 0. The summed E-state index contributed by atoms with van der Waals surface area (Å²) in [5.41, 5.74) is 5.92. The van der Waals surface area contributed by atoms with Crippen LogP contribution in [0.1, 0.15) is 39.4 Å².